The molecular weight excluding hydrogens is 370 g/mol. The van der Waals surface area contributed by atoms with E-state index in [1.165, 1.54) is 23.2 Å². The van der Waals surface area contributed by atoms with Crippen LogP contribution in [-0.2, 0) is 0 Å². The summed E-state index contributed by atoms with van der Waals surface area (Å²) < 4.78 is 1.61. The van der Waals surface area contributed by atoms with Gasteiger partial charge < -0.3 is 5.32 Å². The Morgan fingerprint density at radius 3 is 2.62 bits per heavy atom. The Balaban J connectivity index is 1.50. The fourth-order valence-corrected chi connectivity index (χ4v) is 3.15. The Morgan fingerprint density at radius 2 is 1.93 bits per heavy atom. The Morgan fingerprint density at radius 1 is 1.10 bits per heavy atom. The molecule has 0 unspecified atom stereocenters. The maximum Gasteiger partial charge on any atom is 0.261 e. The Kier molecular flexibility index (Phi) is 4.90. The standard InChI is InChI=1S/C21H19N5O3/c1-2-3-10-25-20(28)16-7-5-14(12-17(16)21(25)29)19(27)24-15-6-8-18(22-13-15)26-11-4-9-23-26/h4-9,11-13H,2-3,10H2,1H3,(H,24,27). The summed E-state index contributed by atoms with van der Waals surface area (Å²) >= 11 is 0. The van der Waals surface area contributed by atoms with Gasteiger partial charge in [-0.2, -0.15) is 5.10 Å². The summed E-state index contributed by atoms with van der Waals surface area (Å²) in [6, 6.07) is 9.81. The Labute approximate surface area is 167 Å². The molecule has 0 fully saturated rings. The van der Waals surface area contributed by atoms with Crippen molar-refractivity contribution in [1.29, 1.82) is 0 Å². The molecule has 0 aliphatic carbocycles. The van der Waals surface area contributed by atoms with Crippen molar-refractivity contribution in [1.82, 2.24) is 19.7 Å². The lowest BCUT2D eigenvalue weighted by Crippen LogP contribution is -2.30. The van der Waals surface area contributed by atoms with Crippen LogP contribution in [0.2, 0.25) is 0 Å². The lowest BCUT2D eigenvalue weighted by molar-refractivity contribution is 0.0652. The van der Waals surface area contributed by atoms with Gasteiger partial charge in [-0.1, -0.05) is 13.3 Å². The van der Waals surface area contributed by atoms with Crippen LogP contribution in [0.5, 0.6) is 0 Å². The van der Waals surface area contributed by atoms with E-state index in [2.05, 4.69) is 15.4 Å². The molecular formula is C21H19N5O3. The largest absolute Gasteiger partial charge is 0.321 e. The van der Waals surface area contributed by atoms with Gasteiger partial charge in [0.25, 0.3) is 17.7 Å². The van der Waals surface area contributed by atoms with Crippen LogP contribution in [0.15, 0.2) is 55.0 Å². The van der Waals surface area contributed by atoms with Crippen molar-refractivity contribution in [3.8, 4) is 5.82 Å². The molecule has 1 aromatic carbocycles. The molecule has 0 radical (unpaired) electrons. The maximum atomic E-state index is 12.6. The summed E-state index contributed by atoms with van der Waals surface area (Å²) in [4.78, 5) is 43.1. The van der Waals surface area contributed by atoms with E-state index in [0.717, 1.165) is 12.8 Å². The zero-order valence-corrected chi connectivity index (χ0v) is 15.8. The molecule has 3 heterocycles. The van der Waals surface area contributed by atoms with Gasteiger partial charge in [0.05, 0.1) is 23.0 Å². The predicted octanol–water partition coefficient (Wildman–Crippen LogP) is 2.92. The minimum absolute atomic E-state index is 0.269. The van der Waals surface area contributed by atoms with Gasteiger partial charge >= 0.3 is 0 Å². The van der Waals surface area contributed by atoms with Crippen LogP contribution >= 0.6 is 0 Å². The van der Waals surface area contributed by atoms with E-state index in [4.69, 9.17) is 0 Å². The second kappa shape index (κ2) is 7.67. The van der Waals surface area contributed by atoms with Crippen LogP contribution in [0, 0.1) is 0 Å². The predicted molar refractivity (Wildman–Crippen MR) is 106 cm³/mol. The monoisotopic (exact) mass is 389 g/mol. The normalized spacial score (nSPS) is 12.9. The van der Waals surface area contributed by atoms with Crippen molar-refractivity contribution < 1.29 is 14.4 Å². The van der Waals surface area contributed by atoms with Gasteiger partial charge in [0.1, 0.15) is 0 Å². The average molecular weight is 389 g/mol. The number of carbonyl (C=O) groups is 3. The molecule has 0 atom stereocenters. The molecule has 0 saturated heterocycles. The van der Waals surface area contributed by atoms with E-state index in [-0.39, 0.29) is 23.3 Å². The second-order valence-corrected chi connectivity index (χ2v) is 6.69. The highest BCUT2D eigenvalue weighted by molar-refractivity contribution is 6.22. The number of hydrogen-bond acceptors (Lipinski definition) is 5. The number of rotatable bonds is 6. The summed E-state index contributed by atoms with van der Waals surface area (Å²) in [7, 11) is 0. The number of nitrogens with zero attached hydrogens (tertiary/aromatic N) is 4. The number of nitrogens with one attached hydrogen (secondary N) is 1. The fourth-order valence-electron chi connectivity index (χ4n) is 3.15. The molecule has 8 heteroatoms. The minimum Gasteiger partial charge on any atom is -0.321 e. The average Bonchev–Trinajstić information content (AvgIpc) is 3.35. The second-order valence-electron chi connectivity index (χ2n) is 6.69. The summed E-state index contributed by atoms with van der Waals surface area (Å²) in [6.45, 7) is 2.38. The third kappa shape index (κ3) is 3.52. The van der Waals surface area contributed by atoms with E-state index in [1.54, 1.807) is 41.3 Å². The molecule has 0 saturated carbocycles. The molecule has 0 bridgehead atoms. The maximum absolute atomic E-state index is 12.6. The summed E-state index contributed by atoms with van der Waals surface area (Å²) in [5.74, 6) is -0.405. The van der Waals surface area contributed by atoms with Crippen LogP contribution in [0.1, 0.15) is 50.8 Å². The third-order valence-electron chi connectivity index (χ3n) is 4.71. The Hall–Kier alpha value is -3.81. The topological polar surface area (TPSA) is 97.2 Å². The number of amides is 3. The first-order valence-corrected chi connectivity index (χ1v) is 9.36. The van der Waals surface area contributed by atoms with E-state index < -0.39 is 0 Å². The number of pyridine rings is 1. The van der Waals surface area contributed by atoms with Gasteiger partial charge in [0.2, 0.25) is 0 Å². The van der Waals surface area contributed by atoms with Crippen LogP contribution in [0.4, 0.5) is 5.69 Å². The Bertz CT molecular complexity index is 1070. The molecule has 0 spiro atoms. The van der Waals surface area contributed by atoms with Crippen LogP contribution < -0.4 is 5.32 Å². The molecule has 1 N–H and O–H groups in total. The van der Waals surface area contributed by atoms with Crippen molar-refractivity contribution in [2.75, 3.05) is 11.9 Å². The highest BCUT2D eigenvalue weighted by Crippen LogP contribution is 2.25. The highest BCUT2D eigenvalue weighted by Gasteiger charge is 2.35. The van der Waals surface area contributed by atoms with Gasteiger partial charge in [-0.15, -0.1) is 0 Å². The fraction of sp³-hybridized carbons (Fsp3) is 0.190. The molecule has 1 aliphatic rings. The number of imide groups is 1. The van der Waals surface area contributed by atoms with E-state index in [1.807, 2.05) is 6.92 Å². The van der Waals surface area contributed by atoms with Crippen molar-refractivity contribution in [3.63, 3.8) is 0 Å². The quantitative estimate of drug-likeness (QED) is 0.654. The summed E-state index contributed by atoms with van der Waals surface area (Å²) in [5, 5.41) is 6.85. The van der Waals surface area contributed by atoms with Crippen molar-refractivity contribution >= 4 is 23.4 Å². The molecule has 3 aromatic rings. The van der Waals surface area contributed by atoms with Crippen LogP contribution in [-0.4, -0.2) is 43.9 Å². The third-order valence-corrected chi connectivity index (χ3v) is 4.71. The number of unbranched alkanes of at least 4 members (excludes halogenated alkanes) is 1. The number of fused-ring (bicyclic) bond motifs is 1. The molecule has 146 valence electrons. The van der Waals surface area contributed by atoms with Gasteiger partial charge in [-0.05, 0) is 42.8 Å². The first-order valence-electron chi connectivity index (χ1n) is 9.36. The molecule has 2 aromatic heterocycles. The van der Waals surface area contributed by atoms with Gasteiger partial charge in [-0.3, -0.25) is 19.3 Å². The van der Waals surface area contributed by atoms with Gasteiger partial charge in [0.15, 0.2) is 5.82 Å². The van der Waals surface area contributed by atoms with E-state index >= 15 is 0 Å². The van der Waals surface area contributed by atoms with Crippen molar-refractivity contribution in [2.24, 2.45) is 0 Å². The molecule has 8 nitrogen and oxygen atoms in total. The number of aromatic nitrogens is 3. The minimum atomic E-state index is -0.381. The lowest BCUT2D eigenvalue weighted by Gasteiger charge is -2.12. The molecule has 3 amide bonds. The van der Waals surface area contributed by atoms with Crippen molar-refractivity contribution in [3.05, 3.63) is 71.7 Å². The van der Waals surface area contributed by atoms with Gasteiger partial charge in [-0.25, -0.2) is 9.67 Å². The van der Waals surface area contributed by atoms with E-state index in [0.29, 0.717) is 29.2 Å². The molecule has 29 heavy (non-hydrogen) atoms. The number of benzene rings is 1. The molecule has 1 aliphatic heterocycles. The zero-order chi connectivity index (χ0) is 20.4. The van der Waals surface area contributed by atoms with Gasteiger partial charge in [0, 0.05) is 24.5 Å². The lowest BCUT2D eigenvalue weighted by atomic mass is 10.1. The van der Waals surface area contributed by atoms with Crippen LogP contribution in [0.3, 0.4) is 0 Å². The van der Waals surface area contributed by atoms with E-state index in [9.17, 15) is 14.4 Å². The number of hydrogen-bond donors (Lipinski definition) is 1. The summed E-state index contributed by atoms with van der Waals surface area (Å²) in [6.07, 6.45) is 6.59. The number of carbonyl (C=O) groups excluding carboxylic acids is 3. The van der Waals surface area contributed by atoms with Crippen molar-refractivity contribution in [2.45, 2.75) is 19.8 Å². The van der Waals surface area contributed by atoms with Crippen LogP contribution in [0.25, 0.3) is 5.82 Å². The number of anilines is 1. The molecule has 4 rings (SSSR count). The first kappa shape index (κ1) is 18.5. The first-order chi connectivity index (χ1) is 14.1. The SMILES string of the molecule is CCCCN1C(=O)c2ccc(C(=O)Nc3ccc(-n4cccn4)nc3)cc2C1=O. The zero-order valence-electron chi connectivity index (χ0n) is 15.8. The highest BCUT2D eigenvalue weighted by atomic mass is 16.2. The summed E-state index contributed by atoms with van der Waals surface area (Å²) in [5.41, 5.74) is 1.43. The smallest absolute Gasteiger partial charge is 0.261 e.